The van der Waals surface area contributed by atoms with Crippen molar-refractivity contribution in [1.82, 2.24) is 20.4 Å². The summed E-state index contributed by atoms with van der Waals surface area (Å²) in [6, 6.07) is 8.72. The number of nitrogens with zero attached hydrogens (tertiary/aromatic N) is 2. The van der Waals surface area contributed by atoms with Crippen molar-refractivity contribution in [3.05, 3.63) is 36.0 Å². The van der Waals surface area contributed by atoms with Gasteiger partial charge in [-0.15, -0.1) is 0 Å². The van der Waals surface area contributed by atoms with Gasteiger partial charge in [-0.3, -0.25) is 5.10 Å². The van der Waals surface area contributed by atoms with E-state index in [1.807, 2.05) is 18.3 Å². The average molecular weight is 300 g/mol. The van der Waals surface area contributed by atoms with Gasteiger partial charge in [0.05, 0.1) is 19.0 Å². The van der Waals surface area contributed by atoms with Crippen LogP contribution in [0.1, 0.15) is 18.4 Å². The van der Waals surface area contributed by atoms with E-state index in [4.69, 9.17) is 4.74 Å². The summed E-state index contributed by atoms with van der Waals surface area (Å²) in [4.78, 5) is 2.44. The lowest BCUT2D eigenvalue weighted by Gasteiger charge is -2.19. The minimum absolute atomic E-state index is 0.663. The highest BCUT2D eigenvalue weighted by molar-refractivity contribution is 5.63. The van der Waals surface area contributed by atoms with Gasteiger partial charge in [0, 0.05) is 30.3 Å². The number of hydrogen-bond donors (Lipinski definition) is 2. The van der Waals surface area contributed by atoms with E-state index in [-0.39, 0.29) is 0 Å². The highest BCUT2D eigenvalue weighted by Gasteiger charge is 2.20. The smallest absolute Gasteiger partial charge is 0.118 e. The van der Waals surface area contributed by atoms with Crippen LogP contribution in [0.25, 0.3) is 11.3 Å². The van der Waals surface area contributed by atoms with Gasteiger partial charge < -0.3 is 15.0 Å². The number of benzene rings is 1. The van der Waals surface area contributed by atoms with Crippen LogP contribution in [0.3, 0.4) is 0 Å². The average Bonchev–Trinajstić information content (AvgIpc) is 3.17. The maximum absolute atomic E-state index is 5.21. The van der Waals surface area contributed by atoms with E-state index < -0.39 is 0 Å². The molecule has 1 saturated heterocycles. The molecule has 1 aliphatic rings. The lowest BCUT2D eigenvalue weighted by atomic mass is 10.1. The van der Waals surface area contributed by atoms with Crippen LogP contribution in [0.15, 0.2) is 30.5 Å². The Kier molecular flexibility index (Phi) is 4.75. The number of nitrogens with one attached hydrogen (secondary N) is 2. The summed E-state index contributed by atoms with van der Waals surface area (Å²) in [5.41, 5.74) is 3.41. The van der Waals surface area contributed by atoms with Crippen molar-refractivity contribution in [1.29, 1.82) is 0 Å². The van der Waals surface area contributed by atoms with E-state index in [1.54, 1.807) is 7.11 Å². The molecule has 1 aromatic carbocycles. The fourth-order valence-corrected chi connectivity index (χ4v) is 3.06. The molecule has 5 nitrogen and oxygen atoms in total. The zero-order chi connectivity index (χ0) is 15.4. The molecular formula is C17H24N4O. The molecule has 22 heavy (non-hydrogen) atoms. The monoisotopic (exact) mass is 300 g/mol. The lowest BCUT2D eigenvalue weighted by Crippen LogP contribution is -2.35. The first-order valence-corrected chi connectivity index (χ1v) is 7.85. The molecule has 2 heterocycles. The Bertz CT molecular complexity index is 593. The van der Waals surface area contributed by atoms with Crippen LogP contribution in [0.2, 0.25) is 0 Å². The quantitative estimate of drug-likeness (QED) is 0.859. The van der Waals surface area contributed by atoms with Crippen molar-refractivity contribution < 1.29 is 4.74 Å². The molecule has 2 N–H and O–H groups in total. The van der Waals surface area contributed by atoms with Crippen LogP contribution in [-0.4, -0.2) is 48.4 Å². The van der Waals surface area contributed by atoms with E-state index >= 15 is 0 Å². The number of aromatic amines is 1. The first-order chi connectivity index (χ1) is 10.8. The Morgan fingerprint density at radius 3 is 2.86 bits per heavy atom. The van der Waals surface area contributed by atoms with Gasteiger partial charge in [-0.2, -0.15) is 5.10 Å². The first-order valence-electron chi connectivity index (χ1n) is 7.85. The van der Waals surface area contributed by atoms with Gasteiger partial charge in [0.15, 0.2) is 0 Å². The number of likely N-dealkylation sites (N-methyl/N-ethyl adjacent to an activating group) is 1. The minimum atomic E-state index is 0.663. The maximum atomic E-state index is 5.21. The van der Waals surface area contributed by atoms with E-state index in [1.165, 1.54) is 24.9 Å². The SMILES string of the molecule is COc1ccc(-c2[nH]ncc2CNCC2CCCN2C)cc1. The summed E-state index contributed by atoms with van der Waals surface area (Å²) in [6.07, 6.45) is 4.51. The fraction of sp³-hybridized carbons (Fsp3) is 0.471. The standard InChI is InChI=1S/C17H24N4O/c1-21-9-3-4-15(21)12-18-10-14-11-19-20-17(14)13-5-7-16(22-2)8-6-13/h5-8,11,15,18H,3-4,9-10,12H2,1-2H3,(H,19,20). The number of methoxy groups -OCH3 is 1. The maximum Gasteiger partial charge on any atom is 0.118 e. The number of aromatic nitrogens is 2. The van der Waals surface area contributed by atoms with Crippen LogP contribution >= 0.6 is 0 Å². The summed E-state index contributed by atoms with van der Waals surface area (Å²) >= 11 is 0. The molecule has 5 heteroatoms. The van der Waals surface area contributed by atoms with Crippen LogP contribution in [-0.2, 0) is 6.54 Å². The molecule has 0 bridgehead atoms. The van der Waals surface area contributed by atoms with Crippen molar-refractivity contribution in [3.8, 4) is 17.0 Å². The molecular weight excluding hydrogens is 276 g/mol. The van der Waals surface area contributed by atoms with Crippen LogP contribution in [0.4, 0.5) is 0 Å². The molecule has 1 atom stereocenters. The molecule has 118 valence electrons. The molecule has 1 aliphatic heterocycles. The number of rotatable bonds is 6. The third kappa shape index (κ3) is 3.31. The molecule has 0 saturated carbocycles. The first kappa shape index (κ1) is 15.1. The number of likely N-dealkylation sites (tertiary alicyclic amines) is 1. The molecule has 2 aromatic rings. The minimum Gasteiger partial charge on any atom is -0.497 e. The van der Waals surface area contributed by atoms with Gasteiger partial charge in [-0.1, -0.05) is 0 Å². The predicted octanol–water partition coefficient (Wildman–Crippen LogP) is 2.27. The second-order valence-electron chi connectivity index (χ2n) is 5.91. The van der Waals surface area contributed by atoms with Crippen molar-refractivity contribution in [2.45, 2.75) is 25.4 Å². The summed E-state index contributed by atoms with van der Waals surface area (Å²) in [6.45, 7) is 3.08. The zero-order valence-corrected chi connectivity index (χ0v) is 13.3. The Hall–Kier alpha value is -1.85. The largest absolute Gasteiger partial charge is 0.497 e. The zero-order valence-electron chi connectivity index (χ0n) is 13.3. The van der Waals surface area contributed by atoms with Gasteiger partial charge in [0.2, 0.25) is 0 Å². The molecule has 3 rings (SSSR count). The fourth-order valence-electron chi connectivity index (χ4n) is 3.06. The number of hydrogen-bond acceptors (Lipinski definition) is 4. The second kappa shape index (κ2) is 6.94. The molecule has 0 aliphatic carbocycles. The van der Waals surface area contributed by atoms with Gasteiger partial charge in [-0.25, -0.2) is 0 Å². The molecule has 1 fully saturated rings. The predicted molar refractivity (Wildman–Crippen MR) is 87.9 cm³/mol. The van der Waals surface area contributed by atoms with Crippen molar-refractivity contribution in [2.75, 3.05) is 27.2 Å². The van der Waals surface area contributed by atoms with Gasteiger partial charge in [0.1, 0.15) is 5.75 Å². The summed E-state index contributed by atoms with van der Waals surface area (Å²) in [7, 11) is 3.89. The van der Waals surface area contributed by atoms with Crippen molar-refractivity contribution in [3.63, 3.8) is 0 Å². The summed E-state index contributed by atoms with van der Waals surface area (Å²) < 4.78 is 5.21. The molecule has 1 unspecified atom stereocenters. The van der Waals surface area contributed by atoms with Gasteiger partial charge >= 0.3 is 0 Å². The third-order valence-corrected chi connectivity index (χ3v) is 4.46. The van der Waals surface area contributed by atoms with E-state index in [9.17, 15) is 0 Å². The molecule has 0 radical (unpaired) electrons. The Morgan fingerprint density at radius 2 is 2.18 bits per heavy atom. The summed E-state index contributed by atoms with van der Waals surface area (Å²) in [5.74, 6) is 0.868. The van der Waals surface area contributed by atoms with E-state index in [2.05, 4.69) is 39.6 Å². The number of ether oxygens (including phenoxy) is 1. The van der Waals surface area contributed by atoms with Crippen molar-refractivity contribution >= 4 is 0 Å². The van der Waals surface area contributed by atoms with E-state index in [0.29, 0.717) is 6.04 Å². The Balaban J connectivity index is 1.61. The third-order valence-electron chi connectivity index (χ3n) is 4.46. The summed E-state index contributed by atoms with van der Waals surface area (Å²) in [5, 5.41) is 10.9. The molecule has 0 amide bonds. The topological polar surface area (TPSA) is 53.2 Å². The van der Waals surface area contributed by atoms with Crippen molar-refractivity contribution in [2.24, 2.45) is 0 Å². The highest BCUT2D eigenvalue weighted by Crippen LogP contribution is 2.23. The molecule has 1 aromatic heterocycles. The van der Waals surface area contributed by atoms with E-state index in [0.717, 1.165) is 30.1 Å². The normalized spacial score (nSPS) is 18.7. The van der Waals surface area contributed by atoms with Crippen LogP contribution in [0, 0.1) is 0 Å². The number of H-pyrrole nitrogens is 1. The molecule has 0 spiro atoms. The van der Waals surface area contributed by atoms with Gasteiger partial charge in [0.25, 0.3) is 0 Å². The lowest BCUT2D eigenvalue weighted by molar-refractivity contribution is 0.300. The Labute approximate surface area is 131 Å². The van der Waals surface area contributed by atoms with Crippen LogP contribution in [0.5, 0.6) is 5.75 Å². The highest BCUT2D eigenvalue weighted by atomic mass is 16.5. The van der Waals surface area contributed by atoms with Gasteiger partial charge in [-0.05, 0) is 50.7 Å². The Morgan fingerprint density at radius 1 is 1.36 bits per heavy atom. The van der Waals surface area contributed by atoms with Crippen LogP contribution < -0.4 is 10.1 Å². The second-order valence-corrected chi connectivity index (χ2v) is 5.91.